The Morgan fingerprint density at radius 1 is 1.11 bits per heavy atom. The Labute approximate surface area is 167 Å². The highest BCUT2D eigenvalue weighted by Crippen LogP contribution is 2.20. The van der Waals surface area contributed by atoms with Crippen molar-refractivity contribution in [3.8, 4) is 6.07 Å². The fourth-order valence-electron chi connectivity index (χ4n) is 2.30. The van der Waals surface area contributed by atoms with Crippen LogP contribution in [0.5, 0.6) is 0 Å². The lowest BCUT2D eigenvalue weighted by molar-refractivity contribution is -0.152. The number of benzene rings is 2. The number of halogens is 1. The molecule has 144 valence electrons. The van der Waals surface area contributed by atoms with Crippen LogP contribution in [0.1, 0.15) is 25.0 Å². The van der Waals surface area contributed by atoms with Gasteiger partial charge in [-0.2, -0.15) is 5.26 Å². The number of nitriles is 1. The number of hydrogen-bond donors (Lipinski definition) is 2. The number of carbonyl (C=O) groups is 3. The zero-order valence-corrected chi connectivity index (χ0v) is 16.0. The predicted octanol–water partition coefficient (Wildman–Crippen LogP) is 3.28. The van der Waals surface area contributed by atoms with Crippen LogP contribution >= 0.6 is 11.6 Å². The molecule has 8 heteroatoms. The molecule has 0 fully saturated rings. The largest absolute Gasteiger partial charge is 0.452 e. The molecule has 7 nitrogen and oxygen atoms in total. The lowest BCUT2D eigenvalue weighted by Crippen LogP contribution is -2.30. The van der Waals surface area contributed by atoms with Crippen LogP contribution in [0.4, 0.5) is 11.4 Å². The second kappa shape index (κ2) is 9.53. The zero-order valence-electron chi connectivity index (χ0n) is 15.3. The molecule has 2 rings (SSSR count). The summed E-state index contributed by atoms with van der Waals surface area (Å²) < 4.78 is 5.15. The van der Waals surface area contributed by atoms with Crippen LogP contribution in [0, 0.1) is 11.3 Å². The monoisotopic (exact) mass is 399 g/mol. The average Bonchev–Trinajstić information content (AvgIpc) is 2.63. The molecule has 2 aromatic rings. The molecule has 28 heavy (non-hydrogen) atoms. The summed E-state index contributed by atoms with van der Waals surface area (Å²) in [6.07, 6.45) is -1.03. The van der Waals surface area contributed by atoms with Crippen LogP contribution in [0.25, 0.3) is 0 Å². The third kappa shape index (κ3) is 6.11. The standard InChI is InChI=1S/C20H18ClN3O4/c1-12(20(27)24-17-8-5-15(11-22)18(21)10-17)28-19(26)9-14-3-6-16(7-4-14)23-13(2)25/h3-8,10,12H,9H2,1-2H3,(H,23,25)(H,24,27)/t12-/m1/s1. The molecule has 0 unspecified atom stereocenters. The fourth-order valence-corrected chi connectivity index (χ4v) is 2.52. The second-order valence-corrected chi connectivity index (χ2v) is 6.39. The van der Waals surface area contributed by atoms with Crippen molar-refractivity contribution in [1.82, 2.24) is 0 Å². The molecule has 0 saturated carbocycles. The first kappa shape index (κ1) is 20.9. The molecule has 0 aromatic heterocycles. The predicted molar refractivity (Wildman–Crippen MR) is 105 cm³/mol. The molecular weight excluding hydrogens is 382 g/mol. The van der Waals surface area contributed by atoms with E-state index in [4.69, 9.17) is 21.6 Å². The molecule has 0 aliphatic rings. The topological polar surface area (TPSA) is 108 Å². The minimum atomic E-state index is -1.01. The van der Waals surface area contributed by atoms with Gasteiger partial charge in [-0.3, -0.25) is 14.4 Å². The zero-order chi connectivity index (χ0) is 20.7. The number of ether oxygens (including phenoxy) is 1. The van der Waals surface area contributed by atoms with E-state index in [1.54, 1.807) is 24.3 Å². The molecule has 2 amide bonds. The summed E-state index contributed by atoms with van der Waals surface area (Å²) in [5, 5.41) is 14.3. The van der Waals surface area contributed by atoms with Crippen molar-refractivity contribution in [2.24, 2.45) is 0 Å². The molecule has 0 saturated heterocycles. The van der Waals surface area contributed by atoms with Crippen molar-refractivity contribution in [1.29, 1.82) is 5.26 Å². The maximum Gasteiger partial charge on any atom is 0.311 e. The molecular formula is C20H18ClN3O4. The van der Waals surface area contributed by atoms with Gasteiger partial charge in [0.05, 0.1) is 17.0 Å². The summed E-state index contributed by atoms with van der Waals surface area (Å²) in [6.45, 7) is 2.86. The van der Waals surface area contributed by atoms with Crippen LogP contribution < -0.4 is 10.6 Å². The second-order valence-electron chi connectivity index (χ2n) is 5.98. The molecule has 2 N–H and O–H groups in total. The summed E-state index contributed by atoms with van der Waals surface area (Å²) in [7, 11) is 0. The van der Waals surface area contributed by atoms with Gasteiger partial charge in [0.15, 0.2) is 6.10 Å². The van der Waals surface area contributed by atoms with Gasteiger partial charge < -0.3 is 15.4 Å². The van der Waals surface area contributed by atoms with Gasteiger partial charge in [-0.1, -0.05) is 23.7 Å². The molecule has 0 bridgehead atoms. The van der Waals surface area contributed by atoms with Crippen molar-refractivity contribution >= 4 is 40.8 Å². The number of hydrogen-bond acceptors (Lipinski definition) is 5. The average molecular weight is 400 g/mol. The summed E-state index contributed by atoms with van der Waals surface area (Å²) in [5.74, 6) is -1.27. The Balaban J connectivity index is 1.89. The number of carbonyl (C=O) groups excluding carboxylic acids is 3. The maximum atomic E-state index is 12.2. The Morgan fingerprint density at radius 2 is 1.75 bits per heavy atom. The van der Waals surface area contributed by atoms with E-state index in [9.17, 15) is 14.4 Å². The van der Waals surface area contributed by atoms with Crippen LogP contribution in [-0.2, 0) is 25.5 Å². The number of anilines is 2. The minimum absolute atomic E-state index is 0.0132. The van der Waals surface area contributed by atoms with Gasteiger partial charge >= 0.3 is 5.97 Å². The molecule has 0 spiro atoms. The highest BCUT2D eigenvalue weighted by molar-refractivity contribution is 6.32. The van der Waals surface area contributed by atoms with Crippen molar-refractivity contribution in [2.45, 2.75) is 26.4 Å². The van der Waals surface area contributed by atoms with Crippen molar-refractivity contribution in [2.75, 3.05) is 10.6 Å². The summed E-state index contributed by atoms with van der Waals surface area (Å²) >= 11 is 5.92. The van der Waals surface area contributed by atoms with Gasteiger partial charge in [0.1, 0.15) is 6.07 Å². The van der Waals surface area contributed by atoms with Crippen molar-refractivity contribution in [3.63, 3.8) is 0 Å². The van der Waals surface area contributed by atoms with Gasteiger partial charge in [0.25, 0.3) is 5.91 Å². The minimum Gasteiger partial charge on any atom is -0.452 e. The Morgan fingerprint density at radius 3 is 2.32 bits per heavy atom. The van der Waals surface area contributed by atoms with E-state index in [1.807, 2.05) is 6.07 Å². The van der Waals surface area contributed by atoms with Crippen molar-refractivity contribution < 1.29 is 19.1 Å². The number of nitrogens with one attached hydrogen (secondary N) is 2. The van der Waals surface area contributed by atoms with E-state index in [1.165, 1.54) is 32.0 Å². The van der Waals surface area contributed by atoms with E-state index in [0.717, 1.165) is 0 Å². The third-order valence-electron chi connectivity index (χ3n) is 3.66. The first-order chi connectivity index (χ1) is 13.3. The first-order valence-electron chi connectivity index (χ1n) is 8.35. The SMILES string of the molecule is CC(=O)Nc1ccc(CC(=O)O[C@H](C)C(=O)Nc2ccc(C#N)c(Cl)c2)cc1. The fraction of sp³-hybridized carbons (Fsp3) is 0.200. The first-order valence-corrected chi connectivity index (χ1v) is 8.73. The van der Waals surface area contributed by atoms with Gasteiger partial charge in [-0.15, -0.1) is 0 Å². The number of rotatable bonds is 6. The Bertz CT molecular complexity index is 935. The Hall–Kier alpha value is -3.37. The maximum absolute atomic E-state index is 12.2. The molecule has 0 radical (unpaired) electrons. The van der Waals surface area contributed by atoms with Crippen LogP contribution in [0.3, 0.4) is 0 Å². The highest BCUT2D eigenvalue weighted by atomic mass is 35.5. The van der Waals surface area contributed by atoms with Gasteiger partial charge in [-0.05, 0) is 42.8 Å². The van der Waals surface area contributed by atoms with Gasteiger partial charge in [-0.25, -0.2) is 0 Å². The van der Waals surface area contributed by atoms with E-state index in [-0.39, 0.29) is 17.4 Å². The smallest absolute Gasteiger partial charge is 0.311 e. The summed E-state index contributed by atoms with van der Waals surface area (Å²) in [4.78, 5) is 35.2. The van der Waals surface area contributed by atoms with Crippen molar-refractivity contribution in [3.05, 3.63) is 58.6 Å². The van der Waals surface area contributed by atoms with Crippen LogP contribution in [-0.4, -0.2) is 23.9 Å². The molecule has 0 aliphatic heterocycles. The number of esters is 1. The highest BCUT2D eigenvalue weighted by Gasteiger charge is 2.18. The van der Waals surface area contributed by atoms with E-state index >= 15 is 0 Å². The molecule has 0 aliphatic carbocycles. The Kier molecular flexibility index (Phi) is 7.13. The van der Waals surface area contributed by atoms with Gasteiger partial charge in [0.2, 0.25) is 5.91 Å². The van der Waals surface area contributed by atoms with E-state index in [2.05, 4.69) is 10.6 Å². The van der Waals surface area contributed by atoms with Gasteiger partial charge in [0, 0.05) is 18.3 Å². The number of nitrogens with zero attached hydrogens (tertiary/aromatic N) is 1. The summed E-state index contributed by atoms with van der Waals surface area (Å²) in [6, 6.07) is 13.1. The molecule has 2 aromatic carbocycles. The number of amides is 2. The van der Waals surface area contributed by atoms with E-state index in [0.29, 0.717) is 22.5 Å². The summed E-state index contributed by atoms with van der Waals surface area (Å²) in [5.41, 5.74) is 2.00. The molecule has 1 atom stereocenters. The molecule has 0 heterocycles. The quantitative estimate of drug-likeness (QED) is 0.724. The van der Waals surface area contributed by atoms with Crippen LogP contribution in [0.15, 0.2) is 42.5 Å². The normalized spacial score (nSPS) is 11.1. The van der Waals surface area contributed by atoms with Crippen LogP contribution in [0.2, 0.25) is 5.02 Å². The lowest BCUT2D eigenvalue weighted by atomic mass is 10.1. The van der Waals surface area contributed by atoms with E-state index < -0.39 is 18.0 Å². The third-order valence-corrected chi connectivity index (χ3v) is 3.97. The lowest BCUT2D eigenvalue weighted by Gasteiger charge is -2.14.